The van der Waals surface area contributed by atoms with Gasteiger partial charge in [-0.25, -0.2) is 0 Å². The molecular formula is C14H24Cl2N2O2. The number of aliphatic hydroxyl groups excluding tert-OH is 1. The quantitative estimate of drug-likeness (QED) is 0.773. The molecule has 1 aliphatic heterocycles. The lowest BCUT2D eigenvalue weighted by Gasteiger charge is -2.37. The number of methoxy groups -OCH3 is 1. The van der Waals surface area contributed by atoms with Crippen molar-refractivity contribution < 1.29 is 9.84 Å². The van der Waals surface area contributed by atoms with Gasteiger partial charge in [0.2, 0.25) is 0 Å². The fourth-order valence-corrected chi connectivity index (χ4v) is 2.33. The minimum absolute atomic E-state index is 0. The molecule has 0 radical (unpaired) electrons. The summed E-state index contributed by atoms with van der Waals surface area (Å²) in [5.41, 5.74) is 1.09. The van der Waals surface area contributed by atoms with E-state index in [1.807, 2.05) is 12.1 Å². The Balaban J connectivity index is 0.00000180. The third kappa shape index (κ3) is 5.11. The number of hydrogen-bond donors (Lipinski definition) is 3. The largest absolute Gasteiger partial charge is 0.497 e. The second-order valence-electron chi connectivity index (χ2n) is 4.89. The van der Waals surface area contributed by atoms with Gasteiger partial charge in [0.25, 0.3) is 0 Å². The zero-order chi connectivity index (χ0) is 12.8. The van der Waals surface area contributed by atoms with Gasteiger partial charge in [0.1, 0.15) is 5.75 Å². The van der Waals surface area contributed by atoms with Crippen molar-refractivity contribution in [1.82, 2.24) is 10.6 Å². The van der Waals surface area contributed by atoms with E-state index < -0.39 is 0 Å². The Bertz CT molecular complexity index is 368. The maximum absolute atomic E-state index is 9.59. The lowest BCUT2D eigenvalue weighted by Crippen LogP contribution is -2.54. The topological polar surface area (TPSA) is 53.5 Å². The van der Waals surface area contributed by atoms with Crippen molar-refractivity contribution >= 4 is 24.8 Å². The first-order valence-corrected chi connectivity index (χ1v) is 6.47. The molecular weight excluding hydrogens is 299 g/mol. The van der Waals surface area contributed by atoms with Crippen molar-refractivity contribution in [2.45, 2.75) is 24.9 Å². The summed E-state index contributed by atoms with van der Waals surface area (Å²) in [5.74, 6) is 0.873. The molecule has 4 nitrogen and oxygen atoms in total. The molecule has 1 saturated heterocycles. The number of piperidine rings is 1. The number of hydrogen-bond acceptors (Lipinski definition) is 4. The van der Waals surface area contributed by atoms with E-state index >= 15 is 0 Å². The van der Waals surface area contributed by atoms with Crippen LogP contribution in [-0.4, -0.2) is 37.5 Å². The van der Waals surface area contributed by atoms with Crippen LogP contribution in [0.4, 0.5) is 0 Å². The molecule has 1 heterocycles. The molecule has 0 bridgehead atoms. The molecule has 116 valence electrons. The second-order valence-corrected chi connectivity index (χ2v) is 4.89. The molecule has 0 aromatic heterocycles. The van der Waals surface area contributed by atoms with Gasteiger partial charge < -0.3 is 20.5 Å². The van der Waals surface area contributed by atoms with E-state index in [0.717, 1.165) is 38.2 Å². The lowest BCUT2D eigenvalue weighted by molar-refractivity contribution is 0.126. The van der Waals surface area contributed by atoms with Crippen LogP contribution in [0.3, 0.4) is 0 Å². The highest BCUT2D eigenvalue weighted by molar-refractivity contribution is 5.85. The maximum atomic E-state index is 9.59. The van der Waals surface area contributed by atoms with Gasteiger partial charge in [0.15, 0.2) is 0 Å². The summed E-state index contributed by atoms with van der Waals surface area (Å²) in [5, 5.41) is 16.4. The van der Waals surface area contributed by atoms with Crippen LogP contribution in [0.2, 0.25) is 0 Å². The van der Waals surface area contributed by atoms with Gasteiger partial charge in [0.05, 0.1) is 13.7 Å². The Hall–Kier alpha value is -0.520. The van der Waals surface area contributed by atoms with Crippen LogP contribution in [0.5, 0.6) is 5.75 Å². The molecule has 6 heteroatoms. The molecule has 0 spiro atoms. The van der Waals surface area contributed by atoms with Crippen molar-refractivity contribution in [3.05, 3.63) is 29.8 Å². The van der Waals surface area contributed by atoms with Crippen LogP contribution >= 0.6 is 24.8 Å². The molecule has 0 aliphatic carbocycles. The number of halogens is 2. The van der Waals surface area contributed by atoms with E-state index in [2.05, 4.69) is 22.8 Å². The van der Waals surface area contributed by atoms with Crippen LogP contribution in [0.1, 0.15) is 18.4 Å². The van der Waals surface area contributed by atoms with Crippen molar-refractivity contribution in [2.75, 3.05) is 26.8 Å². The molecule has 1 aromatic rings. The second kappa shape index (κ2) is 9.42. The SMILES string of the molecule is COc1ccc(CNC2(CO)CCNCC2)cc1.Cl.Cl. The van der Waals surface area contributed by atoms with E-state index in [4.69, 9.17) is 4.74 Å². The van der Waals surface area contributed by atoms with Crippen molar-refractivity contribution in [1.29, 1.82) is 0 Å². The molecule has 1 fully saturated rings. The minimum Gasteiger partial charge on any atom is -0.497 e. The lowest BCUT2D eigenvalue weighted by atomic mass is 9.89. The Morgan fingerprint density at radius 2 is 1.80 bits per heavy atom. The summed E-state index contributed by atoms with van der Waals surface area (Å²) >= 11 is 0. The van der Waals surface area contributed by atoms with Crippen molar-refractivity contribution in [3.8, 4) is 5.75 Å². The average Bonchev–Trinajstić information content (AvgIpc) is 2.47. The molecule has 0 unspecified atom stereocenters. The first kappa shape index (κ1) is 19.5. The van der Waals surface area contributed by atoms with Crippen LogP contribution in [0.15, 0.2) is 24.3 Å². The summed E-state index contributed by atoms with van der Waals surface area (Å²) < 4.78 is 5.14. The molecule has 20 heavy (non-hydrogen) atoms. The molecule has 2 rings (SSSR count). The summed E-state index contributed by atoms with van der Waals surface area (Å²) in [7, 11) is 1.67. The highest BCUT2D eigenvalue weighted by Gasteiger charge is 2.30. The van der Waals surface area contributed by atoms with E-state index in [1.165, 1.54) is 5.56 Å². The predicted molar refractivity (Wildman–Crippen MR) is 86.3 cm³/mol. The van der Waals surface area contributed by atoms with Gasteiger partial charge in [-0.05, 0) is 43.6 Å². The van der Waals surface area contributed by atoms with Crippen LogP contribution in [0, 0.1) is 0 Å². The fourth-order valence-electron chi connectivity index (χ4n) is 2.33. The number of ether oxygens (including phenoxy) is 1. The van der Waals surface area contributed by atoms with Crippen LogP contribution < -0.4 is 15.4 Å². The van der Waals surface area contributed by atoms with Gasteiger partial charge >= 0.3 is 0 Å². The highest BCUT2D eigenvalue weighted by Crippen LogP contribution is 2.19. The van der Waals surface area contributed by atoms with E-state index in [-0.39, 0.29) is 37.0 Å². The van der Waals surface area contributed by atoms with Crippen molar-refractivity contribution in [2.24, 2.45) is 0 Å². The summed E-state index contributed by atoms with van der Waals surface area (Å²) in [6.07, 6.45) is 1.94. The standard InChI is InChI=1S/C14H22N2O2.2ClH/c1-18-13-4-2-12(3-5-13)10-16-14(11-17)6-8-15-9-7-14;;/h2-5,15-17H,6-11H2,1H3;2*1H. The smallest absolute Gasteiger partial charge is 0.118 e. The third-order valence-electron chi connectivity index (χ3n) is 3.69. The summed E-state index contributed by atoms with van der Waals surface area (Å²) in [6.45, 7) is 2.92. The predicted octanol–water partition coefficient (Wildman–Crippen LogP) is 1.74. The van der Waals surface area contributed by atoms with Gasteiger partial charge in [-0.2, -0.15) is 0 Å². The number of benzene rings is 1. The van der Waals surface area contributed by atoms with Crippen LogP contribution in [-0.2, 0) is 6.54 Å². The molecule has 1 aromatic carbocycles. The van der Waals surface area contributed by atoms with E-state index in [1.54, 1.807) is 7.11 Å². The monoisotopic (exact) mass is 322 g/mol. The van der Waals surface area contributed by atoms with Gasteiger partial charge in [-0.3, -0.25) is 0 Å². The summed E-state index contributed by atoms with van der Waals surface area (Å²) in [6, 6.07) is 8.03. The fraction of sp³-hybridized carbons (Fsp3) is 0.571. The summed E-state index contributed by atoms with van der Waals surface area (Å²) in [4.78, 5) is 0. The Labute approximate surface area is 133 Å². The zero-order valence-electron chi connectivity index (χ0n) is 11.7. The van der Waals surface area contributed by atoms with Gasteiger partial charge in [0, 0.05) is 12.1 Å². The molecule has 3 N–H and O–H groups in total. The third-order valence-corrected chi connectivity index (χ3v) is 3.69. The van der Waals surface area contributed by atoms with Crippen LogP contribution in [0.25, 0.3) is 0 Å². The molecule has 0 amide bonds. The Kier molecular flexibility index (Phi) is 9.18. The molecule has 0 saturated carbocycles. The normalized spacial score (nSPS) is 16.7. The number of rotatable bonds is 5. The first-order valence-electron chi connectivity index (χ1n) is 6.47. The van der Waals surface area contributed by atoms with E-state index in [9.17, 15) is 5.11 Å². The zero-order valence-corrected chi connectivity index (χ0v) is 13.4. The number of aliphatic hydroxyl groups is 1. The molecule has 1 aliphatic rings. The average molecular weight is 323 g/mol. The van der Waals surface area contributed by atoms with Gasteiger partial charge in [-0.1, -0.05) is 12.1 Å². The van der Waals surface area contributed by atoms with Gasteiger partial charge in [-0.15, -0.1) is 24.8 Å². The Morgan fingerprint density at radius 3 is 2.30 bits per heavy atom. The number of nitrogens with one attached hydrogen (secondary N) is 2. The minimum atomic E-state index is -0.120. The van der Waals surface area contributed by atoms with Crippen molar-refractivity contribution in [3.63, 3.8) is 0 Å². The first-order chi connectivity index (χ1) is 8.78. The Morgan fingerprint density at radius 1 is 1.20 bits per heavy atom. The highest BCUT2D eigenvalue weighted by atomic mass is 35.5. The maximum Gasteiger partial charge on any atom is 0.118 e. The van der Waals surface area contributed by atoms with E-state index in [0.29, 0.717) is 0 Å². The molecule has 0 atom stereocenters.